The zero-order valence-electron chi connectivity index (χ0n) is 12.4. The SMILES string of the molecule is CC(=O)C(NC(=O)CN1CCCC(C)(O)C1)C(C)C. The summed E-state index contributed by atoms with van der Waals surface area (Å²) in [5.74, 6) is -0.0773. The lowest BCUT2D eigenvalue weighted by Gasteiger charge is -2.36. The van der Waals surface area contributed by atoms with Crippen molar-refractivity contribution in [2.24, 2.45) is 5.92 Å². The van der Waals surface area contributed by atoms with Crippen molar-refractivity contribution in [1.82, 2.24) is 10.2 Å². The molecule has 1 rings (SSSR count). The summed E-state index contributed by atoms with van der Waals surface area (Å²) >= 11 is 0. The molecule has 110 valence electrons. The van der Waals surface area contributed by atoms with E-state index in [4.69, 9.17) is 0 Å². The van der Waals surface area contributed by atoms with Gasteiger partial charge in [0.25, 0.3) is 0 Å². The average molecular weight is 270 g/mol. The lowest BCUT2D eigenvalue weighted by Crippen LogP contribution is -2.52. The van der Waals surface area contributed by atoms with E-state index in [1.54, 1.807) is 6.92 Å². The summed E-state index contributed by atoms with van der Waals surface area (Å²) in [6, 6.07) is -0.419. The van der Waals surface area contributed by atoms with Gasteiger partial charge < -0.3 is 10.4 Å². The van der Waals surface area contributed by atoms with Crippen molar-refractivity contribution in [3.63, 3.8) is 0 Å². The maximum absolute atomic E-state index is 12.0. The van der Waals surface area contributed by atoms with Crippen LogP contribution in [0.15, 0.2) is 0 Å². The summed E-state index contributed by atoms with van der Waals surface area (Å²) in [6.07, 6.45) is 1.66. The average Bonchev–Trinajstić information content (AvgIpc) is 2.23. The zero-order valence-corrected chi connectivity index (χ0v) is 12.4. The number of carbonyl (C=O) groups is 2. The predicted molar refractivity (Wildman–Crippen MR) is 73.7 cm³/mol. The Labute approximate surface area is 115 Å². The minimum atomic E-state index is -0.712. The molecule has 0 bridgehead atoms. The summed E-state index contributed by atoms with van der Waals surface area (Å²) in [6.45, 7) is 8.69. The van der Waals surface area contributed by atoms with Crippen LogP contribution >= 0.6 is 0 Å². The van der Waals surface area contributed by atoms with Crippen LogP contribution in [0.4, 0.5) is 0 Å². The summed E-state index contributed by atoms with van der Waals surface area (Å²) in [4.78, 5) is 25.3. The highest BCUT2D eigenvalue weighted by molar-refractivity contribution is 5.88. The van der Waals surface area contributed by atoms with Crippen LogP contribution in [-0.4, -0.2) is 53.0 Å². The quantitative estimate of drug-likeness (QED) is 0.766. The van der Waals surface area contributed by atoms with Crippen molar-refractivity contribution in [1.29, 1.82) is 0 Å². The molecule has 0 aromatic heterocycles. The minimum absolute atomic E-state index is 0.0195. The van der Waals surface area contributed by atoms with Crippen LogP contribution in [0.2, 0.25) is 0 Å². The van der Waals surface area contributed by atoms with Crippen LogP contribution in [-0.2, 0) is 9.59 Å². The standard InChI is InChI=1S/C14H26N2O3/c1-10(2)13(11(3)17)15-12(18)8-16-7-5-6-14(4,19)9-16/h10,13,19H,5-9H2,1-4H3,(H,15,18). The van der Waals surface area contributed by atoms with Crippen molar-refractivity contribution in [2.45, 2.75) is 52.2 Å². The molecule has 2 atom stereocenters. The lowest BCUT2D eigenvalue weighted by molar-refractivity contribution is -0.129. The number of ketones is 1. The number of aliphatic hydroxyl groups is 1. The van der Waals surface area contributed by atoms with Crippen LogP contribution in [0, 0.1) is 5.92 Å². The molecule has 0 aliphatic carbocycles. The first-order chi connectivity index (χ1) is 8.71. The fourth-order valence-electron chi connectivity index (χ4n) is 2.62. The number of nitrogens with zero attached hydrogens (tertiary/aromatic N) is 1. The molecular formula is C14H26N2O3. The van der Waals surface area contributed by atoms with E-state index in [-0.39, 0.29) is 24.2 Å². The number of rotatable bonds is 5. The number of likely N-dealkylation sites (tertiary alicyclic amines) is 1. The zero-order chi connectivity index (χ0) is 14.6. The summed E-state index contributed by atoms with van der Waals surface area (Å²) in [5, 5.41) is 12.8. The largest absolute Gasteiger partial charge is 0.389 e. The van der Waals surface area contributed by atoms with Gasteiger partial charge in [-0.1, -0.05) is 13.8 Å². The van der Waals surface area contributed by atoms with Gasteiger partial charge in [0, 0.05) is 6.54 Å². The number of hydrogen-bond donors (Lipinski definition) is 2. The Morgan fingerprint density at radius 1 is 1.42 bits per heavy atom. The molecule has 1 amide bonds. The topological polar surface area (TPSA) is 69.6 Å². The van der Waals surface area contributed by atoms with E-state index >= 15 is 0 Å². The van der Waals surface area contributed by atoms with Crippen LogP contribution < -0.4 is 5.32 Å². The van der Waals surface area contributed by atoms with Gasteiger partial charge in [-0.2, -0.15) is 0 Å². The third-order valence-corrected chi connectivity index (χ3v) is 3.54. The molecule has 0 radical (unpaired) electrons. The molecule has 1 saturated heterocycles. The van der Waals surface area contributed by atoms with Crippen LogP contribution in [0.3, 0.4) is 0 Å². The monoisotopic (exact) mass is 270 g/mol. The highest BCUT2D eigenvalue weighted by atomic mass is 16.3. The van der Waals surface area contributed by atoms with Crippen LogP contribution in [0.25, 0.3) is 0 Å². The highest BCUT2D eigenvalue weighted by Crippen LogP contribution is 2.19. The Hall–Kier alpha value is -0.940. The number of amides is 1. The van der Waals surface area contributed by atoms with Crippen molar-refractivity contribution in [3.05, 3.63) is 0 Å². The molecule has 5 heteroatoms. The lowest BCUT2D eigenvalue weighted by atomic mass is 9.95. The van der Waals surface area contributed by atoms with Crippen molar-refractivity contribution in [2.75, 3.05) is 19.6 Å². The van der Waals surface area contributed by atoms with Gasteiger partial charge in [0.05, 0.1) is 18.2 Å². The van der Waals surface area contributed by atoms with Gasteiger partial charge >= 0.3 is 0 Å². The fraction of sp³-hybridized carbons (Fsp3) is 0.857. The Kier molecular flexibility index (Phi) is 5.50. The van der Waals surface area contributed by atoms with Gasteiger partial charge in [-0.15, -0.1) is 0 Å². The van der Waals surface area contributed by atoms with Crippen molar-refractivity contribution >= 4 is 11.7 Å². The predicted octanol–water partition coefficient (Wildman–Crippen LogP) is 0.563. The molecule has 1 heterocycles. The normalized spacial score (nSPS) is 26.2. The molecule has 0 aromatic carbocycles. The maximum atomic E-state index is 12.0. The first kappa shape index (κ1) is 16.1. The maximum Gasteiger partial charge on any atom is 0.234 e. The number of β-amino-alcohol motifs (C(OH)–C–C–N with tert-alkyl or cyclic N) is 1. The molecule has 5 nitrogen and oxygen atoms in total. The minimum Gasteiger partial charge on any atom is -0.389 e. The molecule has 0 saturated carbocycles. The second kappa shape index (κ2) is 6.48. The van der Waals surface area contributed by atoms with E-state index in [9.17, 15) is 14.7 Å². The smallest absolute Gasteiger partial charge is 0.234 e. The van der Waals surface area contributed by atoms with Crippen molar-refractivity contribution in [3.8, 4) is 0 Å². The number of Topliss-reactive ketones (excluding diaryl/α,β-unsaturated/α-hetero) is 1. The van der Waals surface area contributed by atoms with E-state index in [2.05, 4.69) is 5.32 Å². The van der Waals surface area contributed by atoms with Crippen LogP contribution in [0.5, 0.6) is 0 Å². The molecule has 1 aliphatic heterocycles. The number of hydrogen-bond acceptors (Lipinski definition) is 4. The molecule has 0 spiro atoms. The molecule has 1 aliphatic rings. The Balaban J connectivity index is 2.48. The van der Waals surface area contributed by atoms with Crippen LogP contribution in [0.1, 0.15) is 40.5 Å². The number of carbonyl (C=O) groups excluding carboxylic acids is 2. The molecule has 19 heavy (non-hydrogen) atoms. The second-order valence-electron chi connectivity index (χ2n) is 6.21. The van der Waals surface area contributed by atoms with Gasteiger partial charge in [-0.05, 0) is 39.2 Å². The number of nitrogens with one attached hydrogen (secondary N) is 1. The van der Waals surface area contributed by atoms with Gasteiger partial charge in [0.1, 0.15) is 0 Å². The van der Waals surface area contributed by atoms with E-state index in [1.165, 1.54) is 6.92 Å². The summed E-state index contributed by atoms with van der Waals surface area (Å²) < 4.78 is 0. The second-order valence-corrected chi connectivity index (χ2v) is 6.21. The van der Waals surface area contributed by atoms with E-state index in [1.807, 2.05) is 18.7 Å². The van der Waals surface area contributed by atoms with Gasteiger partial charge in [-0.3, -0.25) is 14.5 Å². The van der Waals surface area contributed by atoms with E-state index in [0.717, 1.165) is 19.4 Å². The molecule has 0 aromatic rings. The van der Waals surface area contributed by atoms with Crippen molar-refractivity contribution < 1.29 is 14.7 Å². The third-order valence-electron chi connectivity index (χ3n) is 3.54. The Bertz CT molecular complexity index is 340. The Morgan fingerprint density at radius 2 is 2.05 bits per heavy atom. The van der Waals surface area contributed by atoms with E-state index in [0.29, 0.717) is 6.54 Å². The van der Waals surface area contributed by atoms with E-state index < -0.39 is 11.6 Å². The van der Waals surface area contributed by atoms with Gasteiger partial charge in [0.15, 0.2) is 5.78 Å². The fourth-order valence-corrected chi connectivity index (χ4v) is 2.62. The highest BCUT2D eigenvalue weighted by Gasteiger charge is 2.30. The van der Waals surface area contributed by atoms with Gasteiger partial charge in [-0.25, -0.2) is 0 Å². The summed E-state index contributed by atoms with van der Waals surface area (Å²) in [5.41, 5.74) is -0.712. The first-order valence-electron chi connectivity index (χ1n) is 6.96. The number of piperidine rings is 1. The van der Waals surface area contributed by atoms with Gasteiger partial charge in [0.2, 0.25) is 5.91 Å². The summed E-state index contributed by atoms with van der Waals surface area (Å²) in [7, 11) is 0. The third kappa shape index (κ3) is 5.28. The molecule has 2 N–H and O–H groups in total. The molecular weight excluding hydrogens is 244 g/mol. The molecule has 2 unspecified atom stereocenters. The Morgan fingerprint density at radius 3 is 2.53 bits per heavy atom. The molecule has 1 fully saturated rings. The first-order valence-corrected chi connectivity index (χ1v) is 6.96.